The highest BCUT2D eigenvalue weighted by atomic mass is 19.4. The Kier molecular flexibility index (Phi) is 6.35. The van der Waals surface area contributed by atoms with Gasteiger partial charge in [-0.3, -0.25) is 4.98 Å². The van der Waals surface area contributed by atoms with Gasteiger partial charge in [-0.15, -0.1) is 0 Å². The minimum atomic E-state index is -4.43. The molecule has 0 bridgehead atoms. The highest BCUT2D eigenvalue weighted by Gasteiger charge is 2.62. The van der Waals surface area contributed by atoms with E-state index in [4.69, 9.17) is 0 Å². The summed E-state index contributed by atoms with van der Waals surface area (Å²) in [5.41, 5.74) is -0.519. The van der Waals surface area contributed by atoms with Crippen LogP contribution in [0.3, 0.4) is 0 Å². The SMILES string of the molecule is C[C@]12CC[C@H]3[C@@H](CCC4C[C@@H](O)CC[C@@]43C)[C@@H]1CC[C@@H]2[C@](C)(O)CCc1ccc(C(F)(F)F)nc1. The van der Waals surface area contributed by atoms with E-state index in [9.17, 15) is 23.4 Å². The van der Waals surface area contributed by atoms with Crippen LogP contribution in [0.15, 0.2) is 18.3 Å². The molecule has 4 aliphatic rings. The molecule has 1 aromatic heterocycles. The standard InChI is InChI=1S/C29H42F3NO2/c1-26-13-11-20(34)16-19(26)5-6-21-22-7-8-24(27(22,2)14-12-23(21)26)28(3,35)15-10-18-4-9-25(33-17-18)29(30,31)32/h4,9,17,19-24,34-35H,5-8,10-16H2,1-3H3/t19?,20-,21-,22-,23-,24-,26-,27-,28+/m0/s1. The number of fused-ring (bicyclic) bond motifs is 5. The third-order valence-corrected chi connectivity index (χ3v) is 11.4. The average molecular weight is 494 g/mol. The van der Waals surface area contributed by atoms with E-state index in [0.29, 0.717) is 36.0 Å². The molecule has 3 nitrogen and oxygen atoms in total. The van der Waals surface area contributed by atoms with Gasteiger partial charge in [0.05, 0.1) is 11.7 Å². The first kappa shape index (κ1) is 25.5. The summed E-state index contributed by atoms with van der Waals surface area (Å²) in [6.07, 6.45) is 7.93. The highest BCUT2D eigenvalue weighted by Crippen LogP contribution is 2.68. The van der Waals surface area contributed by atoms with Gasteiger partial charge >= 0.3 is 6.18 Å². The molecule has 2 N–H and O–H groups in total. The van der Waals surface area contributed by atoms with Crippen molar-refractivity contribution in [1.82, 2.24) is 4.98 Å². The number of aryl methyl sites for hydroxylation is 1. The van der Waals surface area contributed by atoms with Gasteiger partial charge in [0.25, 0.3) is 0 Å². The number of hydrogen-bond acceptors (Lipinski definition) is 3. The summed E-state index contributed by atoms with van der Waals surface area (Å²) in [5, 5.41) is 22.0. The van der Waals surface area contributed by atoms with Gasteiger partial charge in [0.2, 0.25) is 0 Å². The molecule has 6 heteroatoms. The maximum atomic E-state index is 12.8. The van der Waals surface area contributed by atoms with Crippen LogP contribution in [0.4, 0.5) is 13.2 Å². The number of nitrogens with zero attached hydrogens (tertiary/aromatic N) is 1. The molecule has 196 valence electrons. The zero-order valence-electron chi connectivity index (χ0n) is 21.4. The van der Waals surface area contributed by atoms with Crippen molar-refractivity contribution in [3.05, 3.63) is 29.6 Å². The Morgan fingerprint density at radius 2 is 1.69 bits per heavy atom. The fraction of sp³-hybridized carbons (Fsp3) is 0.828. The summed E-state index contributed by atoms with van der Waals surface area (Å²) in [7, 11) is 0. The van der Waals surface area contributed by atoms with Gasteiger partial charge in [0, 0.05) is 6.20 Å². The van der Waals surface area contributed by atoms with Crippen LogP contribution in [0, 0.1) is 40.4 Å². The van der Waals surface area contributed by atoms with E-state index in [1.54, 1.807) is 0 Å². The minimum Gasteiger partial charge on any atom is -0.393 e. The van der Waals surface area contributed by atoms with Crippen molar-refractivity contribution in [3.63, 3.8) is 0 Å². The van der Waals surface area contributed by atoms with Crippen LogP contribution in [0.1, 0.15) is 96.2 Å². The Morgan fingerprint density at radius 1 is 0.971 bits per heavy atom. The van der Waals surface area contributed by atoms with E-state index in [0.717, 1.165) is 49.7 Å². The van der Waals surface area contributed by atoms with Crippen LogP contribution in [0.25, 0.3) is 0 Å². The second kappa shape index (κ2) is 8.72. The molecular formula is C29H42F3NO2. The molecule has 1 heterocycles. The fourth-order valence-corrected chi connectivity index (χ4v) is 9.57. The lowest BCUT2D eigenvalue weighted by Crippen LogP contribution is -2.55. The van der Waals surface area contributed by atoms with E-state index in [-0.39, 0.29) is 17.4 Å². The van der Waals surface area contributed by atoms with E-state index in [2.05, 4.69) is 18.8 Å². The Labute approximate surface area is 207 Å². The number of aliphatic hydroxyl groups is 2. The summed E-state index contributed by atoms with van der Waals surface area (Å²) in [4.78, 5) is 3.59. The quantitative estimate of drug-likeness (QED) is 0.485. The number of pyridine rings is 1. The van der Waals surface area contributed by atoms with Gasteiger partial charge in [-0.2, -0.15) is 13.2 Å². The van der Waals surface area contributed by atoms with Crippen LogP contribution in [-0.4, -0.2) is 26.9 Å². The van der Waals surface area contributed by atoms with Gasteiger partial charge in [0.1, 0.15) is 5.69 Å². The van der Waals surface area contributed by atoms with Crippen LogP contribution in [-0.2, 0) is 12.6 Å². The Bertz CT molecular complexity index is 915. The molecule has 0 radical (unpaired) electrons. The maximum Gasteiger partial charge on any atom is 0.433 e. The lowest BCUT2D eigenvalue weighted by molar-refractivity contribution is -0.144. The summed E-state index contributed by atoms with van der Waals surface area (Å²) in [6.45, 7) is 6.87. The first-order chi connectivity index (χ1) is 16.3. The number of hydrogen-bond donors (Lipinski definition) is 2. The summed E-state index contributed by atoms with van der Waals surface area (Å²) < 4.78 is 38.5. The Hall–Kier alpha value is -1.14. The molecule has 0 saturated heterocycles. The van der Waals surface area contributed by atoms with Crippen molar-refractivity contribution in [2.75, 3.05) is 0 Å². The molecule has 4 aliphatic carbocycles. The Morgan fingerprint density at radius 3 is 2.37 bits per heavy atom. The summed E-state index contributed by atoms with van der Waals surface area (Å²) in [5.74, 6) is 2.94. The molecular weight excluding hydrogens is 451 g/mol. The zero-order valence-corrected chi connectivity index (χ0v) is 21.4. The van der Waals surface area contributed by atoms with Crippen LogP contribution in [0.5, 0.6) is 0 Å². The topological polar surface area (TPSA) is 53.4 Å². The Balaban J connectivity index is 1.28. The van der Waals surface area contributed by atoms with Crippen molar-refractivity contribution in [2.24, 2.45) is 40.4 Å². The zero-order chi connectivity index (χ0) is 25.2. The first-order valence-corrected chi connectivity index (χ1v) is 13.8. The van der Waals surface area contributed by atoms with Gasteiger partial charge in [-0.1, -0.05) is 19.9 Å². The molecule has 0 amide bonds. The van der Waals surface area contributed by atoms with Gasteiger partial charge in [-0.25, -0.2) is 0 Å². The monoisotopic (exact) mass is 493 g/mol. The number of halogens is 3. The minimum absolute atomic E-state index is 0.112. The number of aliphatic hydroxyl groups excluding tert-OH is 1. The average Bonchev–Trinajstić information content (AvgIpc) is 3.16. The first-order valence-electron chi connectivity index (χ1n) is 13.8. The largest absolute Gasteiger partial charge is 0.433 e. The van der Waals surface area contributed by atoms with Crippen LogP contribution < -0.4 is 0 Å². The van der Waals surface area contributed by atoms with E-state index < -0.39 is 17.5 Å². The molecule has 35 heavy (non-hydrogen) atoms. The molecule has 0 spiro atoms. The van der Waals surface area contributed by atoms with Gasteiger partial charge < -0.3 is 10.2 Å². The summed E-state index contributed by atoms with van der Waals surface area (Å²) in [6, 6.07) is 2.54. The van der Waals surface area contributed by atoms with Crippen LogP contribution in [0.2, 0.25) is 0 Å². The van der Waals surface area contributed by atoms with E-state index in [1.165, 1.54) is 37.9 Å². The third-order valence-electron chi connectivity index (χ3n) is 11.4. The molecule has 1 unspecified atom stereocenters. The van der Waals surface area contributed by atoms with Crippen molar-refractivity contribution in [3.8, 4) is 0 Å². The lowest BCUT2D eigenvalue weighted by atomic mass is 9.44. The normalized spacial score (nSPS) is 43.1. The van der Waals surface area contributed by atoms with Crippen molar-refractivity contribution < 1.29 is 23.4 Å². The molecule has 5 rings (SSSR count). The van der Waals surface area contributed by atoms with Crippen molar-refractivity contribution in [2.45, 2.75) is 109 Å². The highest BCUT2D eigenvalue weighted by molar-refractivity contribution is 5.17. The molecule has 1 aromatic rings. The van der Waals surface area contributed by atoms with Crippen LogP contribution >= 0.6 is 0 Å². The number of alkyl halides is 3. The molecule has 0 aliphatic heterocycles. The molecule has 4 fully saturated rings. The second-order valence-electron chi connectivity index (χ2n) is 13.2. The number of aromatic nitrogens is 1. The van der Waals surface area contributed by atoms with Crippen molar-refractivity contribution >= 4 is 0 Å². The molecule has 4 saturated carbocycles. The third kappa shape index (κ3) is 4.35. The summed E-state index contributed by atoms with van der Waals surface area (Å²) >= 11 is 0. The molecule has 9 atom stereocenters. The fourth-order valence-electron chi connectivity index (χ4n) is 9.57. The lowest BCUT2D eigenvalue weighted by Gasteiger charge is -2.61. The maximum absolute atomic E-state index is 12.8. The number of rotatable bonds is 4. The van der Waals surface area contributed by atoms with E-state index >= 15 is 0 Å². The van der Waals surface area contributed by atoms with E-state index in [1.807, 2.05) is 6.92 Å². The predicted molar refractivity (Wildman–Crippen MR) is 129 cm³/mol. The second-order valence-corrected chi connectivity index (χ2v) is 13.2. The van der Waals surface area contributed by atoms with Gasteiger partial charge in [-0.05, 0) is 130 Å². The predicted octanol–water partition coefficient (Wildman–Crippen LogP) is 6.80. The smallest absolute Gasteiger partial charge is 0.393 e. The van der Waals surface area contributed by atoms with Gasteiger partial charge in [0.15, 0.2) is 0 Å². The van der Waals surface area contributed by atoms with Crippen molar-refractivity contribution in [1.29, 1.82) is 0 Å². The molecule has 0 aromatic carbocycles.